The maximum absolute atomic E-state index is 12.6. The Balaban J connectivity index is 1.66. The fraction of sp³-hybridized carbons (Fsp3) is 0.250. The number of para-hydroxylation sites is 1. The number of carbonyl (C=O) groups excluding carboxylic acids is 2. The van der Waals surface area contributed by atoms with E-state index < -0.39 is 17.9 Å². The number of fused-ring (bicyclic) bond motifs is 1. The molecule has 0 spiro atoms. The smallest absolute Gasteiger partial charge is 0.329 e. The lowest BCUT2D eigenvalue weighted by Gasteiger charge is -2.17. The van der Waals surface area contributed by atoms with E-state index in [1.807, 2.05) is 30.5 Å². The molecule has 5 nitrogen and oxygen atoms in total. The van der Waals surface area contributed by atoms with E-state index in [2.05, 4.69) is 10.3 Å². The molecule has 1 heterocycles. The number of aromatic nitrogens is 1. The lowest BCUT2D eigenvalue weighted by molar-refractivity contribution is -0.147. The van der Waals surface area contributed by atoms with Gasteiger partial charge in [-0.1, -0.05) is 35.3 Å². The molecule has 0 saturated carbocycles. The summed E-state index contributed by atoms with van der Waals surface area (Å²) in [5, 5.41) is 4.08. The van der Waals surface area contributed by atoms with Gasteiger partial charge in [-0.25, -0.2) is 9.78 Å². The van der Waals surface area contributed by atoms with E-state index in [0.717, 1.165) is 10.2 Å². The summed E-state index contributed by atoms with van der Waals surface area (Å²) < 4.78 is 6.46. The van der Waals surface area contributed by atoms with Crippen LogP contribution in [-0.4, -0.2) is 34.9 Å². The van der Waals surface area contributed by atoms with Gasteiger partial charge in [0.25, 0.3) is 5.91 Å². The molecule has 1 N–H and O–H groups in total. The van der Waals surface area contributed by atoms with Crippen LogP contribution in [0.5, 0.6) is 0 Å². The number of hydrogen-bond donors (Lipinski definition) is 1. The fourth-order valence-electron chi connectivity index (χ4n) is 2.61. The van der Waals surface area contributed by atoms with Crippen molar-refractivity contribution in [3.05, 3.63) is 63.1 Å². The van der Waals surface area contributed by atoms with Crippen molar-refractivity contribution in [2.24, 2.45) is 0 Å². The number of halogens is 2. The van der Waals surface area contributed by atoms with Crippen molar-refractivity contribution in [1.29, 1.82) is 0 Å². The van der Waals surface area contributed by atoms with Gasteiger partial charge in [0.1, 0.15) is 17.7 Å². The van der Waals surface area contributed by atoms with Crippen LogP contribution in [0.25, 0.3) is 10.2 Å². The molecule has 0 aliphatic rings. The molecule has 9 heteroatoms. The molecule has 0 saturated heterocycles. The highest BCUT2D eigenvalue weighted by molar-refractivity contribution is 7.98. The van der Waals surface area contributed by atoms with Crippen LogP contribution in [0, 0.1) is 0 Å². The standard InChI is InChI=1S/C20H18Cl2N2O3S2/c1-28-9-8-16(24-19(25)13-7-6-12(21)10-14(13)22)20(26)27-11-18-23-15-4-2-3-5-17(15)29-18/h2-7,10,16H,8-9,11H2,1H3,(H,24,25)/t16-/m0/s1. The van der Waals surface area contributed by atoms with E-state index in [9.17, 15) is 9.59 Å². The number of esters is 1. The maximum Gasteiger partial charge on any atom is 0.329 e. The minimum Gasteiger partial charge on any atom is -0.457 e. The third kappa shape index (κ3) is 5.85. The van der Waals surface area contributed by atoms with Crippen molar-refractivity contribution in [1.82, 2.24) is 10.3 Å². The molecule has 1 amide bonds. The monoisotopic (exact) mass is 468 g/mol. The van der Waals surface area contributed by atoms with Gasteiger partial charge >= 0.3 is 5.97 Å². The van der Waals surface area contributed by atoms with Gasteiger partial charge in [0.2, 0.25) is 0 Å². The van der Waals surface area contributed by atoms with Crippen molar-refractivity contribution in [2.45, 2.75) is 19.1 Å². The Kier molecular flexibility index (Phi) is 7.77. The first-order valence-electron chi connectivity index (χ1n) is 8.74. The first-order chi connectivity index (χ1) is 14.0. The summed E-state index contributed by atoms with van der Waals surface area (Å²) in [6, 6.07) is 11.5. The maximum atomic E-state index is 12.6. The SMILES string of the molecule is CSCC[C@H](NC(=O)c1ccc(Cl)cc1Cl)C(=O)OCc1nc2ccccc2s1. The molecule has 0 aliphatic carbocycles. The van der Waals surface area contributed by atoms with Gasteiger partial charge in [-0.15, -0.1) is 11.3 Å². The van der Waals surface area contributed by atoms with Gasteiger partial charge in [0, 0.05) is 5.02 Å². The highest BCUT2D eigenvalue weighted by Gasteiger charge is 2.24. The second-order valence-corrected chi connectivity index (χ2v) is 9.06. The van der Waals surface area contributed by atoms with Crippen LogP contribution in [0.3, 0.4) is 0 Å². The summed E-state index contributed by atoms with van der Waals surface area (Å²) >= 11 is 15.0. The van der Waals surface area contributed by atoms with Crippen LogP contribution in [-0.2, 0) is 16.1 Å². The lowest BCUT2D eigenvalue weighted by atomic mass is 10.1. The second-order valence-electron chi connectivity index (χ2n) is 6.11. The van der Waals surface area contributed by atoms with E-state index >= 15 is 0 Å². The van der Waals surface area contributed by atoms with Crippen LogP contribution >= 0.6 is 46.3 Å². The Hall–Kier alpha value is -1.80. The quantitative estimate of drug-likeness (QED) is 0.460. The Morgan fingerprint density at radius 2 is 2.03 bits per heavy atom. The van der Waals surface area contributed by atoms with E-state index in [1.54, 1.807) is 17.8 Å². The minimum absolute atomic E-state index is 0.0610. The minimum atomic E-state index is -0.781. The first kappa shape index (κ1) is 21.9. The zero-order valence-corrected chi connectivity index (χ0v) is 18.6. The Morgan fingerprint density at radius 3 is 2.76 bits per heavy atom. The van der Waals surface area contributed by atoms with Crippen LogP contribution in [0.15, 0.2) is 42.5 Å². The third-order valence-electron chi connectivity index (χ3n) is 4.05. The molecular formula is C20H18Cl2N2O3S2. The molecule has 29 heavy (non-hydrogen) atoms. The number of carbonyl (C=O) groups is 2. The predicted molar refractivity (Wildman–Crippen MR) is 120 cm³/mol. The van der Waals surface area contributed by atoms with Crippen LogP contribution in [0.4, 0.5) is 0 Å². The highest BCUT2D eigenvalue weighted by atomic mass is 35.5. The van der Waals surface area contributed by atoms with E-state index in [1.165, 1.54) is 23.5 Å². The molecule has 152 valence electrons. The lowest BCUT2D eigenvalue weighted by Crippen LogP contribution is -2.42. The highest BCUT2D eigenvalue weighted by Crippen LogP contribution is 2.23. The number of rotatable bonds is 8. The first-order valence-corrected chi connectivity index (χ1v) is 11.7. The zero-order chi connectivity index (χ0) is 20.8. The number of hydrogen-bond acceptors (Lipinski definition) is 6. The number of nitrogens with zero attached hydrogens (tertiary/aromatic N) is 1. The van der Waals surface area contributed by atoms with E-state index in [-0.39, 0.29) is 17.2 Å². The summed E-state index contributed by atoms with van der Waals surface area (Å²) in [6.07, 6.45) is 2.37. The summed E-state index contributed by atoms with van der Waals surface area (Å²) in [5.74, 6) is -0.262. The van der Waals surface area contributed by atoms with Crippen molar-refractivity contribution in [3.8, 4) is 0 Å². The van der Waals surface area contributed by atoms with Gasteiger partial charge in [-0.3, -0.25) is 4.79 Å². The summed E-state index contributed by atoms with van der Waals surface area (Å²) in [4.78, 5) is 29.7. The number of amides is 1. The molecule has 1 atom stereocenters. The molecule has 2 aromatic carbocycles. The van der Waals surface area contributed by atoms with Gasteiger partial charge in [0.15, 0.2) is 0 Å². The summed E-state index contributed by atoms with van der Waals surface area (Å²) in [5.41, 5.74) is 1.12. The molecule has 0 radical (unpaired) electrons. The number of nitrogens with one attached hydrogen (secondary N) is 1. The largest absolute Gasteiger partial charge is 0.457 e. The van der Waals surface area contributed by atoms with Gasteiger partial charge in [0.05, 0.1) is 20.8 Å². The normalized spacial score (nSPS) is 12.0. The predicted octanol–water partition coefficient (Wildman–Crippen LogP) is 5.20. The number of benzene rings is 2. The Labute approximate surface area is 186 Å². The molecule has 0 bridgehead atoms. The molecule has 3 aromatic rings. The second kappa shape index (κ2) is 10.3. The molecule has 0 aliphatic heterocycles. The van der Waals surface area contributed by atoms with Crippen LogP contribution < -0.4 is 5.32 Å². The number of thioether (sulfide) groups is 1. The number of ether oxygens (including phenoxy) is 1. The zero-order valence-electron chi connectivity index (χ0n) is 15.5. The third-order valence-corrected chi connectivity index (χ3v) is 6.25. The summed E-state index contributed by atoms with van der Waals surface area (Å²) in [7, 11) is 0. The fourth-order valence-corrected chi connectivity index (χ4v) is 4.46. The number of thiazole rings is 1. The van der Waals surface area contributed by atoms with Crippen molar-refractivity contribution >= 4 is 68.4 Å². The van der Waals surface area contributed by atoms with Crippen molar-refractivity contribution in [3.63, 3.8) is 0 Å². The average molecular weight is 469 g/mol. The molecule has 3 rings (SSSR count). The Morgan fingerprint density at radius 1 is 1.24 bits per heavy atom. The molecule has 0 unspecified atom stereocenters. The average Bonchev–Trinajstić information content (AvgIpc) is 3.12. The topological polar surface area (TPSA) is 68.3 Å². The van der Waals surface area contributed by atoms with E-state index in [0.29, 0.717) is 22.2 Å². The van der Waals surface area contributed by atoms with Crippen molar-refractivity contribution in [2.75, 3.05) is 12.0 Å². The van der Waals surface area contributed by atoms with Crippen LogP contribution in [0.2, 0.25) is 10.0 Å². The van der Waals surface area contributed by atoms with Gasteiger partial charge in [-0.05, 0) is 48.8 Å². The van der Waals surface area contributed by atoms with Gasteiger partial charge in [-0.2, -0.15) is 11.8 Å². The Bertz CT molecular complexity index is 993. The van der Waals surface area contributed by atoms with E-state index in [4.69, 9.17) is 27.9 Å². The van der Waals surface area contributed by atoms with Gasteiger partial charge < -0.3 is 10.1 Å². The molecular weight excluding hydrogens is 451 g/mol. The molecule has 0 fully saturated rings. The molecule has 1 aromatic heterocycles. The van der Waals surface area contributed by atoms with Crippen LogP contribution in [0.1, 0.15) is 21.8 Å². The van der Waals surface area contributed by atoms with Crippen molar-refractivity contribution < 1.29 is 14.3 Å². The summed E-state index contributed by atoms with van der Waals surface area (Å²) in [6.45, 7) is 0.0610.